The van der Waals surface area contributed by atoms with Gasteiger partial charge in [-0.1, -0.05) is 0 Å². The molecule has 1 atom stereocenters. The van der Waals surface area contributed by atoms with Crippen molar-refractivity contribution >= 4 is 51.7 Å². The lowest BCUT2D eigenvalue weighted by Crippen LogP contribution is -2.44. The van der Waals surface area contributed by atoms with Gasteiger partial charge in [0.15, 0.2) is 5.96 Å². The summed E-state index contributed by atoms with van der Waals surface area (Å²) < 4.78 is 31.5. The van der Waals surface area contributed by atoms with E-state index in [1.165, 1.54) is 6.26 Å². The minimum absolute atomic E-state index is 0. The van der Waals surface area contributed by atoms with Gasteiger partial charge in [0.1, 0.15) is 11.4 Å². The number of thioether (sulfide) groups is 1. The van der Waals surface area contributed by atoms with Crippen molar-refractivity contribution < 1.29 is 17.9 Å². The van der Waals surface area contributed by atoms with E-state index in [4.69, 9.17) is 4.42 Å². The summed E-state index contributed by atoms with van der Waals surface area (Å²) in [5, 5.41) is 16.5. The third-order valence-electron chi connectivity index (χ3n) is 3.96. The van der Waals surface area contributed by atoms with Crippen LogP contribution in [0.1, 0.15) is 19.6 Å². The third kappa shape index (κ3) is 7.80. The van der Waals surface area contributed by atoms with E-state index in [1.807, 2.05) is 6.92 Å². The van der Waals surface area contributed by atoms with Gasteiger partial charge in [0.05, 0.1) is 18.6 Å². The van der Waals surface area contributed by atoms with Crippen molar-refractivity contribution in [2.75, 3.05) is 50.0 Å². The van der Waals surface area contributed by atoms with Crippen molar-refractivity contribution in [3.63, 3.8) is 0 Å². The molecule has 1 aliphatic rings. The Kier molecular flexibility index (Phi) is 10.4. The van der Waals surface area contributed by atoms with E-state index < -0.39 is 15.6 Å². The first-order valence-electron chi connectivity index (χ1n) is 8.69. The monoisotopic (exact) mass is 532 g/mol. The van der Waals surface area contributed by atoms with Crippen LogP contribution >= 0.6 is 35.7 Å². The molecule has 0 radical (unpaired) electrons. The number of hydrogen-bond donors (Lipinski definition) is 3. The van der Waals surface area contributed by atoms with Gasteiger partial charge in [0, 0.05) is 37.7 Å². The Hall–Kier alpha value is -0.500. The number of nitrogens with zero attached hydrogens (tertiary/aromatic N) is 2. The quantitative estimate of drug-likeness (QED) is 0.261. The fourth-order valence-corrected chi connectivity index (χ4v) is 4.98. The fourth-order valence-electron chi connectivity index (χ4n) is 2.49. The first-order chi connectivity index (χ1) is 12.3. The smallest absolute Gasteiger partial charge is 0.215 e. The number of nitrogens with one attached hydrogen (secondary N) is 2. The maximum Gasteiger partial charge on any atom is 0.215 e. The van der Waals surface area contributed by atoms with Gasteiger partial charge in [0.25, 0.3) is 0 Å². The highest BCUT2D eigenvalue weighted by atomic mass is 127. The van der Waals surface area contributed by atoms with Crippen LogP contribution in [0.4, 0.5) is 0 Å². The lowest BCUT2D eigenvalue weighted by Gasteiger charge is -2.25. The summed E-state index contributed by atoms with van der Waals surface area (Å²) in [6.45, 7) is 5.67. The normalized spacial score (nSPS) is 18.4. The molecule has 0 spiro atoms. The second-order valence-corrected chi connectivity index (χ2v) is 9.51. The summed E-state index contributed by atoms with van der Waals surface area (Å²) in [7, 11) is -3.26. The minimum Gasteiger partial charge on any atom is -0.466 e. The summed E-state index contributed by atoms with van der Waals surface area (Å²) in [5.41, 5.74) is -1.23. The molecule has 0 bridgehead atoms. The van der Waals surface area contributed by atoms with Crippen molar-refractivity contribution in [2.24, 2.45) is 4.99 Å². The third-order valence-corrected chi connectivity index (χ3v) is 6.77. The zero-order chi connectivity index (χ0) is 19.0. The number of rotatable bonds is 8. The van der Waals surface area contributed by atoms with Crippen LogP contribution in [0.3, 0.4) is 0 Å². The summed E-state index contributed by atoms with van der Waals surface area (Å²) in [6, 6.07) is 3.40. The molecule has 8 nitrogen and oxygen atoms in total. The van der Waals surface area contributed by atoms with Crippen LogP contribution in [0, 0.1) is 0 Å². The average molecular weight is 532 g/mol. The molecule has 156 valence electrons. The topological polar surface area (TPSA) is 107 Å². The maximum absolute atomic E-state index is 12.4. The lowest BCUT2D eigenvalue weighted by molar-refractivity contribution is 0.0437. The molecule has 2 heterocycles. The second kappa shape index (κ2) is 11.5. The molecule has 11 heteroatoms. The van der Waals surface area contributed by atoms with Crippen molar-refractivity contribution in [2.45, 2.75) is 19.4 Å². The van der Waals surface area contributed by atoms with Crippen molar-refractivity contribution in [1.29, 1.82) is 0 Å². The molecule has 3 N–H and O–H groups in total. The molecule has 0 amide bonds. The Morgan fingerprint density at radius 2 is 2.11 bits per heavy atom. The Morgan fingerprint density at radius 3 is 2.70 bits per heavy atom. The van der Waals surface area contributed by atoms with E-state index >= 15 is 0 Å². The Morgan fingerprint density at radius 1 is 1.41 bits per heavy atom. The van der Waals surface area contributed by atoms with Gasteiger partial charge in [-0.05, 0) is 26.0 Å². The van der Waals surface area contributed by atoms with Gasteiger partial charge in [-0.3, -0.25) is 0 Å². The van der Waals surface area contributed by atoms with Gasteiger partial charge < -0.3 is 20.2 Å². The highest BCUT2D eigenvalue weighted by Gasteiger charge is 2.26. The predicted molar refractivity (Wildman–Crippen MR) is 120 cm³/mol. The number of hydrogen-bond acceptors (Lipinski definition) is 6. The summed E-state index contributed by atoms with van der Waals surface area (Å²) in [6.07, 6.45) is 1.50. The molecule has 1 saturated heterocycles. The number of sulfonamides is 1. The van der Waals surface area contributed by atoms with Crippen molar-refractivity contribution in [1.82, 2.24) is 14.9 Å². The lowest BCUT2D eigenvalue weighted by atomic mass is 10.0. The minimum atomic E-state index is -3.26. The number of aliphatic hydroxyl groups is 1. The van der Waals surface area contributed by atoms with E-state index in [0.717, 1.165) is 11.5 Å². The van der Waals surface area contributed by atoms with Crippen molar-refractivity contribution in [3.05, 3.63) is 24.2 Å². The molecule has 1 aromatic rings. The van der Waals surface area contributed by atoms with E-state index in [0.29, 0.717) is 31.4 Å². The fraction of sp³-hybridized carbons (Fsp3) is 0.688. The highest BCUT2D eigenvalue weighted by Crippen LogP contribution is 2.21. The van der Waals surface area contributed by atoms with Gasteiger partial charge in [-0.15, -0.1) is 24.0 Å². The molecule has 0 aromatic carbocycles. The standard InChI is InChI=1S/C16H28N4O4S2.HI/c1-3-17-15(19-13-16(2,21)14-5-4-9-24-14)18-6-12-26(22,23)20-7-10-25-11-8-20;/h4-5,9,21H,3,6-8,10-13H2,1-2H3,(H2,17,18,19);1H. The molecular formula is C16H29IN4O4S2. The van der Waals surface area contributed by atoms with Gasteiger partial charge >= 0.3 is 0 Å². The number of furan rings is 1. The first-order valence-corrected chi connectivity index (χ1v) is 11.5. The molecule has 0 aliphatic carbocycles. The zero-order valence-electron chi connectivity index (χ0n) is 15.7. The molecule has 1 unspecified atom stereocenters. The largest absolute Gasteiger partial charge is 0.466 e. The van der Waals surface area contributed by atoms with Gasteiger partial charge in [-0.2, -0.15) is 11.8 Å². The number of guanidine groups is 1. The van der Waals surface area contributed by atoms with Crippen LogP contribution < -0.4 is 10.6 Å². The first kappa shape index (κ1) is 24.5. The van der Waals surface area contributed by atoms with Crippen LogP contribution in [0.15, 0.2) is 27.8 Å². The Balaban J connectivity index is 0.00000364. The van der Waals surface area contributed by atoms with Crippen LogP contribution in [0.5, 0.6) is 0 Å². The van der Waals surface area contributed by atoms with Crippen LogP contribution in [0.2, 0.25) is 0 Å². The Bertz CT molecular complexity index is 675. The summed E-state index contributed by atoms with van der Waals surface area (Å²) in [5.74, 6) is 2.60. The van der Waals surface area contributed by atoms with E-state index in [2.05, 4.69) is 15.6 Å². The Labute approximate surface area is 182 Å². The SMILES string of the molecule is CCNC(=NCC(C)(O)c1ccco1)NCCS(=O)(=O)N1CCSCC1.I. The van der Waals surface area contributed by atoms with Crippen LogP contribution in [0.25, 0.3) is 0 Å². The average Bonchev–Trinajstić information content (AvgIpc) is 3.16. The van der Waals surface area contributed by atoms with Crippen molar-refractivity contribution in [3.8, 4) is 0 Å². The summed E-state index contributed by atoms with van der Waals surface area (Å²) in [4.78, 5) is 4.35. The molecular weight excluding hydrogens is 503 g/mol. The molecule has 1 aliphatic heterocycles. The number of aliphatic imine (C=N–C) groups is 1. The van der Waals surface area contributed by atoms with E-state index in [1.54, 1.807) is 35.1 Å². The van der Waals surface area contributed by atoms with E-state index in [-0.39, 0.29) is 42.8 Å². The maximum atomic E-state index is 12.4. The molecule has 1 aromatic heterocycles. The highest BCUT2D eigenvalue weighted by molar-refractivity contribution is 14.0. The van der Waals surface area contributed by atoms with Crippen LogP contribution in [-0.2, 0) is 15.6 Å². The molecule has 2 rings (SSSR count). The van der Waals surface area contributed by atoms with Crippen LogP contribution in [-0.4, -0.2) is 73.8 Å². The molecule has 1 fully saturated rings. The second-order valence-electron chi connectivity index (χ2n) is 6.20. The summed E-state index contributed by atoms with van der Waals surface area (Å²) >= 11 is 1.78. The molecule has 0 saturated carbocycles. The predicted octanol–water partition coefficient (Wildman–Crippen LogP) is 1.04. The van der Waals surface area contributed by atoms with Gasteiger partial charge in [0.2, 0.25) is 10.0 Å². The molecule has 27 heavy (non-hydrogen) atoms. The van der Waals surface area contributed by atoms with Gasteiger partial charge in [-0.25, -0.2) is 17.7 Å². The van der Waals surface area contributed by atoms with E-state index in [9.17, 15) is 13.5 Å². The zero-order valence-corrected chi connectivity index (χ0v) is 19.6. The number of halogens is 1.